The van der Waals surface area contributed by atoms with Gasteiger partial charge in [0.2, 0.25) is 5.89 Å². The third-order valence-corrected chi connectivity index (χ3v) is 3.84. The summed E-state index contributed by atoms with van der Waals surface area (Å²) in [6, 6.07) is 7.20. The van der Waals surface area contributed by atoms with Gasteiger partial charge in [-0.1, -0.05) is 35.9 Å². The summed E-state index contributed by atoms with van der Waals surface area (Å²) < 4.78 is 10.7. The lowest BCUT2D eigenvalue weighted by Gasteiger charge is -2.15. The lowest BCUT2D eigenvalue weighted by molar-refractivity contribution is -0.150. The van der Waals surface area contributed by atoms with Gasteiger partial charge < -0.3 is 9.15 Å². The van der Waals surface area contributed by atoms with Gasteiger partial charge in [-0.15, -0.1) is 10.2 Å². The molecule has 1 aromatic carbocycles. The third-order valence-electron chi connectivity index (χ3n) is 3.51. The maximum Gasteiger partial charge on any atom is 0.309 e. The van der Waals surface area contributed by atoms with Crippen LogP contribution in [0.1, 0.15) is 25.2 Å². The van der Waals surface area contributed by atoms with E-state index in [4.69, 9.17) is 20.8 Å². The number of carbonyl (C=O) groups is 1. The van der Waals surface area contributed by atoms with Gasteiger partial charge in [0, 0.05) is 0 Å². The van der Waals surface area contributed by atoms with Crippen molar-refractivity contribution in [2.24, 2.45) is 5.92 Å². The standard InChI is InChI=1S/C16H15ClN2O3/c17-13-9-5-4-8-12(13)15-19-18-14(22-15)10-21-16(20)11-6-2-1-3-7-11/h1-2,4-5,8-9,11H,3,6-7,10H2. The van der Waals surface area contributed by atoms with Gasteiger partial charge in [-0.25, -0.2) is 0 Å². The van der Waals surface area contributed by atoms with Crippen LogP contribution in [0.5, 0.6) is 0 Å². The number of nitrogens with zero attached hydrogens (tertiary/aromatic N) is 2. The average Bonchev–Trinajstić information content (AvgIpc) is 3.02. The molecule has 0 spiro atoms. The molecule has 0 radical (unpaired) electrons. The Balaban J connectivity index is 1.61. The molecule has 1 aliphatic carbocycles. The number of allylic oxidation sites excluding steroid dienone is 2. The number of hydrogen-bond acceptors (Lipinski definition) is 5. The number of benzene rings is 1. The SMILES string of the molecule is O=C(OCc1nnc(-c2ccccc2Cl)o1)C1CC=CCC1. The summed E-state index contributed by atoms with van der Waals surface area (Å²) in [6.07, 6.45) is 6.56. The van der Waals surface area contributed by atoms with Crippen molar-refractivity contribution in [3.63, 3.8) is 0 Å². The minimum absolute atomic E-state index is 0.0174. The first-order valence-electron chi connectivity index (χ1n) is 7.13. The summed E-state index contributed by atoms with van der Waals surface area (Å²) in [5.41, 5.74) is 0.659. The van der Waals surface area contributed by atoms with Gasteiger partial charge in [0.05, 0.1) is 16.5 Å². The molecular formula is C16H15ClN2O3. The highest BCUT2D eigenvalue weighted by Crippen LogP contribution is 2.26. The van der Waals surface area contributed by atoms with Gasteiger partial charge in [-0.05, 0) is 31.4 Å². The number of rotatable bonds is 4. The van der Waals surface area contributed by atoms with E-state index in [1.54, 1.807) is 12.1 Å². The van der Waals surface area contributed by atoms with Gasteiger partial charge in [0.1, 0.15) is 0 Å². The predicted molar refractivity (Wildman–Crippen MR) is 81.0 cm³/mol. The molecule has 3 rings (SSSR count). The number of esters is 1. The van der Waals surface area contributed by atoms with E-state index < -0.39 is 0 Å². The van der Waals surface area contributed by atoms with Crippen LogP contribution in [0.2, 0.25) is 5.02 Å². The second-order valence-corrected chi connectivity index (χ2v) is 5.48. The molecule has 0 saturated carbocycles. The van der Waals surface area contributed by atoms with Crippen molar-refractivity contribution in [3.05, 3.63) is 47.3 Å². The van der Waals surface area contributed by atoms with Crippen molar-refractivity contribution in [2.45, 2.75) is 25.9 Å². The summed E-state index contributed by atoms with van der Waals surface area (Å²) in [5, 5.41) is 8.35. The first-order valence-corrected chi connectivity index (χ1v) is 7.51. The Bertz CT molecular complexity index is 696. The molecule has 0 amide bonds. The van der Waals surface area contributed by atoms with Crippen LogP contribution in [-0.4, -0.2) is 16.2 Å². The highest BCUT2D eigenvalue weighted by atomic mass is 35.5. The number of halogens is 1. The minimum atomic E-state index is -0.221. The summed E-state index contributed by atoms with van der Waals surface area (Å²) >= 11 is 6.08. The third kappa shape index (κ3) is 3.36. The number of carbonyl (C=O) groups excluding carboxylic acids is 1. The topological polar surface area (TPSA) is 65.2 Å². The monoisotopic (exact) mass is 318 g/mol. The average molecular weight is 319 g/mol. The minimum Gasteiger partial charge on any atom is -0.455 e. The Morgan fingerprint density at radius 1 is 1.32 bits per heavy atom. The smallest absolute Gasteiger partial charge is 0.309 e. The molecule has 22 heavy (non-hydrogen) atoms. The fourth-order valence-corrected chi connectivity index (χ4v) is 2.53. The van der Waals surface area contributed by atoms with Crippen LogP contribution in [0, 0.1) is 5.92 Å². The first-order chi connectivity index (χ1) is 10.7. The summed E-state index contributed by atoms with van der Waals surface area (Å²) in [4.78, 5) is 11.9. The van der Waals surface area contributed by atoms with E-state index in [1.165, 1.54) is 0 Å². The Morgan fingerprint density at radius 2 is 2.18 bits per heavy atom. The molecule has 5 nitrogen and oxygen atoms in total. The van der Waals surface area contributed by atoms with Crippen molar-refractivity contribution in [1.29, 1.82) is 0 Å². The van der Waals surface area contributed by atoms with Crippen molar-refractivity contribution in [1.82, 2.24) is 10.2 Å². The molecule has 0 bridgehead atoms. The molecule has 0 aliphatic heterocycles. The van der Waals surface area contributed by atoms with E-state index in [0.29, 0.717) is 16.5 Å². The Morgan fingerprint density at radius 3 is 2.95 bits per heavy atom. The van der Waals surface area contributed by atoms with Crippen LogP contribution in [0.4, 0.5) is 0 Å². The van der Waals surface area contributed by atoms with Crippen molar-refractivity contribution in [3.8, 4) is 11.5 Å². The predicted octanol–water partition coefficient (Wildman–Crippen LogP) is 3.79. The van der Waals surface area contributed by atoms with E-state index in [9.17, 15) is 4.79 Å². The maximum atomic E-state index is 11.9. The quantitative estimate of drug-likeness (QED) is 0.634. The van der Waals surface area contributed by atoms with Gasteiger partial charge in [0.25, 0.3) is 5.89 Å². The molecule has 0 saturated heterocycles. The summed E-state index contributed by atoms with van der Waals surface area (Å²) in [7, 11) is 0. The van der Waals surface area contributed by atoms with Crippen LogP contribution >= 0.6 is 11.6 Å². The van der Waals surface area contributed by atoms with Gasteiger partial charge >= 0.3 is 5.97 Å². The molecule has 1 aliphatic rings. The van der Waals surface area contributed by atoms with Crippen LogP contribution in [0.3, 0.4) is 0 Å². The highest BCUT2D eigenvalue weighted by molar-refractivity contribution is 6.33. The molecule has 1 aromatic heterocycles. The van der Waals surface area contributed by atoms with Crippen LogP contribution in [-0.2, 0) is 16.1 Å². The fourth-order valence-electron chi connectivity index (χ4n) is 2.31. The Labute approximate surface area is 132 Å². The van der Waals surface area contributed by atoms with Crippen molar-refractivity contribution in [2.75, 3.05) is 0 Å². The fraction of sp³-hybridized carbons (Fsp3) is 0.312. The molecule has 1 unspecified atom stereocenters. The highest BCUT2D eigenvalue weighted by Gasteiger charge is 2.21. The van der Waals surface area contributed by atoms with E-state index >= 15 is 0 Å². The summed E-state index contributed by atoms with van der Waals surface area (Å²) in [5.74, 6) is 0.282. The molecule has 2 aromatic rings. The molecule has 1 heterocycles. The van der Waals surface area contributed by atoms with Crippen molar-refractivity contribution >= 4 is 17.6 Å². The second-order valence-electron chi connectivity index (χ2n) is 5.07. The molecule has 0 N–H and O–H groups in total. The van der Waals surface area contributed by atoms with E-state index in [1.807, 2.05) is 18.2 Å². The number of ether oxygens (including phenoxy) is 1. The normalized spacial score (nSPS) is 17.4. The molecular weight excluding hydrogens is 304 g/mol. The Hall–Kier alpha value is -2.14. The van der Waals surface area contributed by atoms with Crippen molar-refractivity contribution < 1.29 is 13.9 Å². The molecule has 1 atom stereocenters. The Kier molecular flexibility index (Phi) is 4.53. The zero-order valence-corrected chi connectivity index (χ0v) is 12.6. The molecule has 6 heteroatoms. The zero-order chi connectivity index (χ0) is 15.4. The van der Waals surface area contributed by atoms with Gasteiger partial charge in [-0.3, -0.25) is 4.79 Å². The first kappa shape index (κ1) is 14.8. The number of hydrogen-bond donors (Lipinski definition) is 0. The van der Waals surface area contributed by atoms with Gasteiger partial charge in [-0.2, -0.15) is 0 Å². The molecule has 0 fully saturated rings. The van der Waals surface area contributed by atoms with E-state index in [2.05, 4.69) is 16.3 Å². The molecule has 114 valence electrons. The van der Waals surface area contributed by atoms with Crippen LogP contribution in [0.15, 0.2) is 40.8 Å². The lowest BCUT2D eigenvalue weighted by Crippen LogP contribution is -2.18. The van der Waals surface area contributed by atoms with E-state index in [0.717, 1.165) is 19.3 Å². The summed E-state index contributed by atoms with van der Waals surface area (Å²) in [6.45, 7) is -0.0174. The lowest BCUT2D eigenvalue weighted by atomic mass is 9.95. The van der Waals surface area contributed by atoms with Crippen LogP contribution in [0.25, 0.3) is 11.5 Å². The van der Waals surface area contributed by atoms with E-state index in [-0.39, 0.29) is 24.4 Å². The number of aromatic nitrogens is 2. The van der Waals surface area contributed by atoms with Crippen LogP contribution < -0.4 is 0 Å². The largest absolute Gasteiger partial charge is 0.455 e. The second kappa shape index (κ2) is 6.75. The zero-order valence-electron chi connectivity index (χ0n) is 11.9. The maximum absolute atomic E-state index is 11.9. The van der Waals surface area contributed by atoms with Gasteiger partial charge in [0.15, 0.2) is 6.61 Å².